The van der Waals surface area contributed by atoms with E-state index in [9.17, 15) is 4.79 Å². The predicted octanol–water partition coefficient (Wildman–Crippen LogP) is 2.33. The number of likely N-dealkylation sites (N-methyl/N-ethyl adjacent to an activating group) is 1. The van der Waals surface area contributed by atoms with Gasteiger partial charge in [0.1, 0.15) is 0 Å². The Morgan fingerprint density at radius 2 is 2.00 bits per heavy atom. The van der Waals surface area contributed by atoms with Gasteiger partial charge < -0.3 is 19.1 Å². The number of hydrogen-bond acceptors (Lipinski definition) is 5. The number of carbonyl (C=O) groups excluding carboxylic acids is 1. The van der Waals surface area contributed by atoms with Crippen molar-refractivity contribution in [3.8, 4) is 0 Å². The molecule has 1 fully saturated rings. The highest BCUT2D eigenvalue weighted by molar-refractivity contribution is 8.00. The molecule has 2 aromatic rings. The SMILES string of the molecule is CCN1CCN(C(=O)C(C)Sc2nc3ccccc3n2CCOC)CC1. The van der Waals surface area contributed by atoms with Crippen LogP contribution in [0.1, 0.15) is 13.8 Å². The smallest absolute Gasteiger partial charge is 0.235 e. The molecule has 1 atom stereocenters. The maximum absolute atomic E-state index is 12.9. The van der Waals surface area contributed by atoms with Gasteiger partial charge in [-0.05, 0) is 25.6 Å². The number of amides is 1. The second-order valence-corrected chi connectivity index (χ2v) is 7.86. The van der Waals surface area contributed by atoms with E-state index in [1.54, 1.807) is 18.9 Å². The summed E-state index contributed by atoms with van der Waals surface area (Å²) >= 11 is 1.55. The summed E-state index contributed by atoms with van der Waals surface area (Å²) in [7, 11) is 1.70. The van der Waals surface area contributed by atoms with Crippen LogP contribution >= 0.6 is 11.8 Å². The number of aromatic nitrogens is 2. The highest BCUT2D eigenvalue weighted by atomic mass is 32.2. The fraction of sp³-hybridized carbons (Fsp3) is 0.579. The van der Waals surface area contributed by atoms with Gasteiger partial charge in [-0.15, -0.1) is 0 Å². The van der Waals surface area contributed by atoms with E-state index in [2.05, 4.69) is 22.5 Å². The number of nitrogens with zero attached hydrogens (tertiary/aromatic N) is 4. The molecule has 1 saturated heterocycles. The molecule has 0 saturated carbocycles. The summed E-state index contributed by atoms with van der Waals surface area (Å²) < 4.78 is 7.40. The van der Waals surface area contributed by atoms with Crippen LogP contribution in [0.5, 0.6) is 0 Å². The van der Waals surface area contributed by atoms with E-state index in [0.29, 0.717) is 6.61 Å². The number of benzene rings is 1. The highest BCUT2D eigenvalue weighted by Crippen LogP contribution is 2.28. The van der Waals surface area contributed by atoms with Crippen LogP contribution in [-0.2, 0) is 16.1 Å². The Hall–Kier alpha value is -1.57. The number of methoxy groups -OCH3 is 1. The lowest BCUT2D eigenvalue weighted by Gasteiger charge is -2.35. The number of ether oxygens (including phenoxy) is 1. The van der Waals surface area contributed by atoms with Crippen molar-refractivity contribution in [3.63, 3.8) is 0 Å². The Morgan fingerprint density at radius 1 is 1.27 bits per heavy atom. The van der Waals surface area contributed by atoms with Crippen molar-refractivity contribution in [2.45, 2.75) is 30.8 Å². The Balaban J connectivity index is 1.72. The standard InChI is InChI=1S/C19H28N4O2S/c1-4-21-9-11-22(12-10-21)18(24)15(2)26-19-20-16-7-5-6-8-17(16)23(19)13-14-25-3/h5-8,15H,4,9-14H2,1-3H3. The van der Waals surface area contributed by atoms with Gasteiger partial charge in [-0.25, -0.2) is 4.98 Å². The Kier molecular flexibility index (Phi) is 6.56. The van der Waals surface area contributed by atoms with Crippen molar-refractivity contribution in [1.82, 2.24) is 19.4 Å². The van der Waals surface area contributed by atoms with Crippen LogP contribution in [0.3, 0.4) is 0 Å². The lowest BCUT2D eigenvalue weighted by Crippen LogP contribution is -2.50. The largest absolute Gasteiger partial charge is 0.383 e. The van der Waals surface area contributed by atoms with E-state index >= 15 is 0 Å². The van der Waals surface area contributed by atoms with Crippen LogP contribution < -0.4 is 0 Å². The van der Waals surface area contributed by atoms with Gasteiger partial charge in [0.2, 0.25) is 5.91 Å². The molecule has 6 nitrogen and oxygen atoms in total. The molecule has 7 heteroatoms. The van der Waals surface area contributed by atoms with Gasteiger partial charge in [0.25, 0.3) is 0 Å². The first-order chi connectivity index (χ1) is 12.6. The molecule has 0 bridgehead atoms. The minimum Gasteiger partial charge on any atom is -0.383 e. The Labute approximate surface area is 159 Å². The second-order valence-electron chi connectivity index (χ2n) is 6.55. The van der Waals surface area contributed by atoms with Gasteiger partial charge in [-0.2, -0.15) is 0 Å². The lowest BCUT2D eigenvalue weighted by molar-refractivity contribution is -0.132. The lowest BCUT2D eigenvalue weighted by atomic mass is 10.3. The van der Waals surface area contributed by atoms with Crippen molar-refractivity contribution >= 4 is 28.7 Å². The molecule has 3 rings (SSSR count). The van der Waals surface area contributed by atoms with Gasteiger partial charge >= 0.3 is 0 Å². The number of carbonyl (C=O) groups is 1. The third-order valence-corrected chi connectivity index (χ3v) is 5.98. The first-order valence-corrected chi connectivity index (χ1v) is 10.1. The number of hydrogen-bond donors (Lipinski definition) is 0. The zero-order valence-corrected chi connectivity index (χ0v) is 16.7. The van der Waals surface area contributed by atoms with Crippen LogP contribution in [0.25, 0.3) is 11.0 Å². The number of piperazine rings is 1. The number of imidazole rings is 1. The van der Waals surface area contributed by atoms with Gasteiger partial charge in [0.15, 0.2) is 5.16 Å². The van der Waals surface area contributed by atoms with Crippen LogP contribution in [0.4, 0.5) is 0 Å². The van der Waals surface area contributed by atoms with E-state index in [-0.39, 0.29) is 11.2 Å². The molecule has 1 aliphatic rings. The van der Waals surface area contributed by atoms with Crippen molar-refractivity contribution in [1.29, 1.82) is 0 Å². The second kappa shape index (κ2) is 8.88. The molecule has 0 spiro atoms. The summed E-state index contributed by atoms with van der Waals surface area (Å²) in [5, 5.41) is 0.734. The molecular formula is C19H28N4O2S. The summed E-state index contributed by atoms with van der Waals surface area (Å²) in [6.45, 7) is 10.1. The van der Waals surface area contributed by atoms with Crippen LogP contribution in [0.15, 0.2) is 29.4 Å². The topological polar surface area (TPSA) is 50.6 Å². The van der Waals surface area contributed by atoms with Gasteiger partial charge in [-0.3, -0.25) is 4.79 Å². The van der Waals surface area contributed by atoms with Gasteiger partial charge in [-0.1, -0.05) is 30.8 Å². The molecule has 1 amide bonds. The average Bonchev–Trinajstić information content (AvgIpc) is 3.02. The van der Waals surface area contributed by atoms with Gasteiger partial charge in [0.05, 0.1) is 22.9 Å². The van der Waals surface area contributed by atoms with Crippen molar-refractivity contribution in [2.24, 2.45) is 0 Å². The predicted molar refractivity (Wildman–Crippen MR) is 106 cm³/mol. The summed E-state index contributed by atoms with van der Waals surface area (Å²) in [5.74, 6) is 0.205. The summed E-state index contributed by atoms with van der Waals surface area (Å²) in [4.78, 5) is 22.0. The number of para-hydroxylation sites is 2. The fourth-order valence-corrected chi connectivity index (χ4v) is 4.33. The molecule has 142 valence electrons. The molecule has 0 radical (unpaired) electrons. The summed E-state index contributed by atoms with van der Waals surface area (Å²) in [6, 6.07) is 8.09. The Morgan fingerprint density at radius 3 is 2.69 bits per heavy atom. The van der Waals surface area contributed by atoms with Crippen LogP contribution in [0.2, 0.25) is 0 Å². The van der Waals surface area contributed by atoms with E-state index in [1.807, 2.05) is 30.0 Å². The van der Waals surface area contributed by atoms with Gasteiger partial charge in [0, 0.05) is 39.8 Å². The molecule has 0 aliphatic carbocycles. The maximum atomic E-state index is 12.9. The molecule has 1 aromatic carbocycles. The quantitative estimate of drug-likeness (QED) is 0.694. The zero-order valence-electron chi connectivity index (χ0n) is 15.9. The number of fused-ring (bicyclic) bond motifs is 1. The molecule has 1 aliphatic heterocycles. The molecule has 1 unspecified atom stereocenters. The minimum absolute atomic E-state index is 0.152. The molecule has 1 aromatic heterocycles. The van der Waals surface area contributed by atoms with E-state index in [0.717, 1.165) is 55.5 Å². The van der Waals surface area contributed by atoms with Crippen LogP contribution in [-0.4, -0.2) is 76.9 Å². The maximum Gasteiger partial charge on any atom is 0.235 e. The molecule has 26 heavy (non-hydrogen) atoms. The minimum atomic E-state index is -0.152. The van der Waals surface area contributed by atoms with Crippen LogP contribution in [0, 0.1) is 0 Å². The fourth-order valence-electron chi connectivity index (χ4n) is 3.29. The average molecular weight is 377 g/mol. The Bertz CT molecular complexity index is 740. The first-order valence-electron chi connectivity index (χ1n) is 9.26. The molecule has 0 N–H and O–H groups in total. The first kappa shape index (κ1) is 19.2. The number of thioether (sulfide) groups is 1. The van der Waals surface area contributed by atoms with E-state index in [1.165, 1.54) is 0 Å². The number of rotatable bonds is 7. The van der Waals surface area contributed by atoms with Crippen molar-refractivity contribution < 1.29 is 9.53 Å². The normalized spacial score (nSPS) is 17.0. The molecule has 2 heterocycles. The zero-order chi connectivity index (χ0) is 18.5. The van der Waals surface area contributed by atoms with Crippen molar-refractivity contribution in [3.05, 3.63) is 24.3 Å². The third-order valence-electron chi connectivity index (χ3n) is 4.90. The highest BCUT2D eigenvalue weighted by Gasteiger charge is 2.26. The summed E-state index contributed by atoms with van der Waals surface area (Å²) in [6.07, 6.45) is 0. The monoisotopic (exact) mass is 376 g/mol. The van der Waals surface area contributed by atoms with Crippen molar-refractivity contribution in [2.75, 3.05) is 46.4 Å². The third kappa shape index (κ3) is 4.22. The van der Waals surface area contributed by atoms with E-state index in [4.69, 9.17) is 9.72 Å². The molecular weight excluding hydrogens is 348 g/mol. The summed E-state index contributed by atoms with van der Waals surface area (Å²) in [5.41, 5.74) is 2.05. The van der Waals surface area contributed by atoms with E-state index < -0.39 is 0 Å².